The highest BCUT2D eigenvalue weighted by atomic mass is 16.5. The maximum atomic E-state index is 9.55. The number of hydrogen-bond donors (Lipinski definition) is 2. The zero-order chi connectivity index (χ0) is 22.1. The molecule has 0 radical (unpaired) electrons. The molecule has 1 fully saturated rings. The van der Waals surface area contributed by atoms with E-state index in [1.807, 2.05) is 12.4 Å². The van der Waals surface area contributed by atoms with Gasteiger partial charge in [-0.2, -0.15) is 0 Å². The summed E-state index contributed by atoms with van der Waals surface area (Å²) in [6, 6.07) is 10.9. The number of carboxylic acid groups (broad SMARTS) is 2. The van der Waals surface area contributed by atoms with Crippen LogP contribution in [0.15, 0.2) is 61.0 Å². The molecule has 1 saturated heterocycles. The van der Waals surface area contributed by atoms with E-state index in [9.17, 15) is 9.59 Å². The number of pyridine rings is 1. The average molecular weight is 422 g/mol. The average Bonchev–Trinajstić information content (AvgIpc) is 3.21. The summed E-state index contributed by atoms with van der Waals surface area (Å²) in [5.74, 6) is -2.51. The van der Waals surface area contributed by atoms with Crippen LogP contribution in [-0.2, 0) is 20.7 Å². The van der Waals surface area contributed by atoms with Crippen molar-refractivity contribution < 1.29 is 24.5 Å². The minimum Gasteiger partial charge on any atom is -0.478 e. The number of aliphatic carboxylic acids is 2. The van der Waals surface area contributed by atoms with Crippen molar-refractivity contribution in [1.82, 2.24) is 9.88 Å². The highest BCUT2D eigenvalue weighted by Crippen LogP contribution is 2.36. The van der Waals surface area contributed by atoms with E-state index >= 15 is 0 Å². The summed E-state index contributed by atoms with van der Waals surface area (Å²) in [4.78, 5) is 25.7. The predicted molar refractivity (Wildman–Crippen MR) is 118 cm³/mol. The Morgan fingerprint density at radius 1 is 1.00 bits per heavy atom. The Morgan fingerprint density at radius 2 is 1.65 bits per heavy atom. The van der Waals surface area contributed by atoms with Gasteiger partial charge < -0.3 is 14.9 Å². The van der Waals surface area contributed by atoms with E-state index in [0.717, 1.165) is 45.7 Å². The molecule has 7 heteroatoms. The van der Waals surface area contributed by atoms with E-state index in [-0.39, 0.29) is 0 Å². The zero-order valence-electron chi connectivity index (χ0n) is 17.2. The number of rotatable bonds is 6. The van der Waals surface area contributed by atoms with Crippen LogP contribution in [0.4, 0.5) is 0 Å². The number of benzene rings is 1. The number of hydrogen-bond acceptors (Lipinski definition) is 5. The lowest BCUT2D eigenvalue weighted by atomic mass is 9.95. The third kappa shape index (κ3) is 6.60. The molecule has 0 unspecified atom stereocenters. The Bertz CT molecular complexity index is 947. The van der Waals surface area contributed by atoms with Gasteiger partial charge in [-0.25, -0.2) is 9.59 Å². The van der Waals surface area contributed by atoms with Crippen LogP contribution in [0.1, 0.15) is 17.5 Å². The lowest BCUT2D eigenvalue weighted by molar-refractivity contribution is -0.134. The molecule has 7 nitrogen and oxygen atoms in total. The summed E-state index contributed by atoms with van der Waals surface area (Å²) >= 11 is 0. The highest BCUT2D eigenvalue weighted by molar-refractivity contribution is 5.89. The van der Waals surface area contributed by atoms with Crippen LogP contribution in [-0.4, -0.2) is 64.9 Å². The summed E-state index contributed by atoms with van der Waals surface area (Å²) in [6.07, 6.45) is 9.45. The van der Waals surface area contributed by atoms with Gasteiger partial charge in [0, 0.05) is 44.2 Å². The highest BCUT2D eigenvalue weighted by Gasteiger charge is 2.19. The van der Waals surface area contributed by atoms with Gasteiger partial charge >= 0.3 is 11.9 Å². The quantitative estimate of drug-likeness (QED) is 0.690. The number of ether oxygens (including phenoxy) is 1. The van der Waals surface area contributed by atoms with Gasteiger partial charge in [0.1, 0.15) is 0 Å². The first-order chi connectivity index (χ1) is 15.0. The minimum atomic E-state index is -1.26. The minimum absolute atomic E-state index is 0.558. The van der Waals surface area contributed by atoms with Crippen molar-refractivity contribution in [1.29, 1.82) is 0 Å². The molecule has 2 heterocycles. The van der Waals surface area contributed by atoms with Crippen molar-refractivity contribution in [2.45, 2.75) is 12.8 Å². The van der Waals surface area contributed by atoms with Gasteiger partial charge in [-0.3, -0.25) is 9.88 Å². The number of aromatic nitrogens is 1. The van der Waals surface area contributed by atoms with Crippen LogP contribution >= 0.6 is 0 Å². The second-order valence-corrected chi connectivity index (χ2v) is 7.21. The van der Waals surface area contributed by atoms with Crippen molar-refractivity contribution in [3.8, 4) is 11.1 Å². The molecule has 4 rings (SSSR count). The number of fused-ring (bicyclic) bond motifs is 1. The van der Waals surface area contributed by atoms with E-state index in [1.54, 1.807) is 0 Å². The molecule has 0 spiro atoms. The van der Waals surface area contributed by atoms with Gasteiger partial charge in [0.25, 0.3) is 0 Å². The summed E-state index contributed by atoms with van der Waals surface area (Å²) in [5.41, 5.74) is 7.02. The molecule has 2 N–H and O–H groups in total. The van der Waals surface area contributed by atoms with Gasteiger partial charge in [-0.1, -0.05) is 24.3 Å². The molecule has 0 amide bonds. The second kappa shape index (κ2) is 11.2. The molecule has 2 aliphatic rings. The molecule has 0 saturated carbocycles. The summed E-state index contributed by atoms with van der Waals surface area (Å²) < 4.78 is 5.43. The van der Waals surface area contributed by atoms with Crippen molar-refractivity contribution in [3.63, 3.8) is 0 Å². The molecule has 2 aromatic rings. The smallest absolute Gasteiger partial charge is 0.328 e. The topological polar surface area (TPSA) is 100.0 Å². The lowest BCUT2D eigenvalue weighted by Gasteiger charge is -2.26. The molecule has 1 aromatic heterocycles. The molecule has 1 aromatic carbocycles. The van der Waals surface area contributed by atoms with Crippen LogP contribution in [0, 0.1) is 0 Å². The van der Waals surface area contributed by atoms with Crippen molar-refractivity contribution in [2.75, 3.05) is 32.8 Å². The number of carboxylic acids is 2. The van der Waals surface area contributed by atoms with Gasteiger partial charge in [-0.05, 0) is 52.8 Å². The van der Waals surface area contributed by atoms with Crippen molar-refractivity contribution >= 4 is 17.5 Å². The molecule has 0 atom stereocenters. The van der Waals surface area contributed by atoms with Crippen LogP contribution in [0.5, 0.6) is 0 Å². The van der Waals surface area contributed by atoms with Gasteiger partial charge in [0.2, 0.25) is 0 Å². The Hall–Kier alpha value is -3.29. The monoisotopic (exact) mass is 422 g/mol. The number of nitrogens with zero attached hydrogens (tertiary/aromatic N) is 2. The lowest BCUT2D eigenvalue weighted by Crippen LogP contribution is -2.36. The SMILES string of the molecule is C1=C(CCN2CCOCC2)c2cccc(-c3ccncc3)c2C1.O=C(O)C=CC(=O)O. The van der Waals surface area contributed by atoms with E-state index < -0.39 is 11.9 Å². The number of allylic oxidation sites excluding steroid dienone is 1. The second-order valence-electron chi connectivity index (χ2n) is 7.21. The largest absolute Gasteiger partial charge is 0.478 e. The van der Waals surface area contributed by atoms with E-state index in [0.29, 0.717) is 12.2 Å². The summed E-state index contributed by atoms with van der Waals surface area (Å²) in [6.45, 7) is 5.02. The number of carbonyl (C=O) groups is 2. The Kier molecular flexibility index (Phi) is 8.09. The molecule has 31 heavy (non-hydrogen) atoms. The first kappa shape index (κ1) is 22.4. The van der Waals surface area contributed by atoms with Crippen LogP contribution in [0.25, 0.3) is 16.7 Å². The summed E-state index contributed by atoms with van der Waals surface area (Å²) in [5, 5.41) is 15.6. The predicted octanol–water partition coefficient (Wildman–Crippen LogP) is 3.12. The fourth-order valence-electron chi connectivity index (χ4n) is 3.73. The fraction of sp³-hybridized carbons (Fsp3) is 0.292. The van der Waals surface area contributed by atoms with E-state index in [1.165, 1.54) is 27.8 Å². The van der Waals surface area contributed by atoms with Crippen LogP contribution in [0.2, 0.25) is 0 Å². The molecular weight excluding hydrogens is 396 g/mol. The van der Waals surface area contributed by atoms with Crippen molar-refractivity contribution in [2.24, 2.45) is 0 Å². The van der Waals surface area contributed by atoms with E-state index in [4.69, 9.17) is 14.9 Å². The van der Waals surface area contributed by atoms with Crippen molar-refractivity contribution in [3.05, 3.63) is 72.1 Å². The summed E-state index contributed by atoms with van der Waals surface area (Å²) in [7, 11) is 0. The standard InChI is InChI=1S/C20H22N2O.C4H4O4/c1-2-18-16(8-11-22-12-14-23-15-13-22)4-5-20(18)19(3-1)17-6-9-21-10-7-17;5-3(6)1-2-4(7)8/h1-4,6-7,9-10H,5,8,11-15H2;1-2H,(H,5,6)(H,7,8). The first-order valence-electron chi connectivity index (χ1n) is 10.2. The third-order valence-electron chi connectivity index (χ3n) is 5.24. The van der Waals surface area contributed by atoms with E-state index in [2.05, 4.69) is 46.3 Å². The number of morpholine rings is 1. The molecule has 162 valence electrons. The normalized spacial score (nSPS) is 15.7. The fourth-order valence-corrected chi connectivity index (χ4v) is 3.73. The van der Waals surface area contributed by atoms with Gasteiger partial charge in [-0.15, -0.1) is 0 Å². The Labute approximate surface area is 181 Å². The third-order valence-corrected chi connectivity index (χ3v) is 5.24. The van der Waals surface area contributed by atoms with Gasteiger partial charge in [0.15, 0.2) is 0 Å². The first-order valence-corrected chi connectivity index (χ1v) is 10.2. The van der Waals surface area contributed by atoms with Crippen LogP contribution in [0.3, 0.4) is 0 Å². The van der Waals surface area contributed by atoms with Gasteiger partial charge in [0.05, 0.1) is 13.2 Å². The van der Waals surface area contributed by atoms with Crippen LogP contribution < -0.4 is 0 Å². The maximum absolute atomic E-state index is 9.55. The Balaban J connectivity index is 0.000000293. The molecular formula is C24H26N2O5. The molecule has 1 aliphatic heterocycles. The Morgan fingerprint density at radius 3 is 2.29 bits per heavy atom. The molecule has 0 bridgehead atoms. The zero-order valence-corrected chi connectivity index (χ0v) is 17.2. The molecule has 1 aliphatic carbocycles. The maximum Gasteiger partial charge on any atom is 0.328 e.